The van der Waals surface area contributed by atoms with Crippen LogP contribution in [0.1, 0.15) is 37.9 Å². The van der Waals surface area contributed by atoms with Gasteiger partial charge in [-0.2, -0.15) is 0 Å². The monoisotopic (exact) mass is 482 g/mol. The van der Waals surface area contributed by atoms with E-state index in [1.165, 1.54) is 11.3 Å². The predicted octanol–water partition coefficient (Wildman–Crippen LogP) is 3.85. The standard InChI is InChI=1S/C25H23ClN2O4S/c1-4-31-19-12-11-18(26)13-17(19)14-20-23(29)28-22(16-9-7-6-8-10-16)21(24(30)32-5-2)15(3)27-25(28)33-20/h6-14,22H,4-5H2,1-3H3/b20-14-/t22-/m1/s1. The van der Waals surface area contributed by atoms with Gasteiger partial charge in [-0.1, -0.05) is 53.3 Å². The van der Waals surface area contributed by atoms with E-state index in [9.17, 15) is 9.59 Å². The minimum Gasteiger partial charge on any atom is -0.493 e. The number of aromatic nitrogens is 1. The molecule has 0 spiro atoms. The Morgan fingerprint density at radius 3 is 2.64 bits per heavy atom. The Kier molecular flexibility index (Phi) is 6.81. The second-order valence-corrected chi connectivity index (χ2v) is 8.77. The van der Waals surface area contributed by atoms with Crippen molar-refractivity contribution < 1.29 is 14.3 Å². The first-order chi connectivity index (χ1) is 15.9. The molecule has 2 heterocycles. The Labute approximate surface area is 200 Å². The van der Waals surface area contributed by atoms with Crippen molar-refractivity contribution in [2.45, 2.75) is 26.8 Å². The number of nitrogens with zero attached hydrogens (tertiary/aromatic N) is 2. The zero-order valence-electron chi connectivity index (χ0n) is 18.5. The highest BCUT2D eigenvalue weighted by Crippen LogP contribution is 2.30. The number of ether oxygens (including phenoxy) is 2. The zero-order chi connectivity index (χ0) is 23.5. The summed E-state index contributed by atoms with van der Waals surface area (Å²) >= 11 is 7.46. The van der Waals surface area contributed by atoms with Crippen LogP contribution in [0, 0.1) is 0 Å². The molecule has 170 valence electrons. The van der Waals surface area contributed by atoms with Crippen LogP contribution in [0.2, 0.25) is 5.02 Å². The van der Waals surface area contributed by atoms with Crippen LogP contribution in [0.25, 0.3) is 6.08 Å². The lowest BCUT2D eigenvalue weighted by Crippen LogP contribution is -2.39. The van der Waals surface area contributed by atoms with Crippen molar-refractivity contribution in [2.75, 3.05) is 13.2 Å². The summed E-state index contributed by atoms with van der Waals surface area (Å²) in [6.45, 7) is 6.13. The molecule has 0 fully saturated rings. The smallest absolute Gasteiger partial charge is 0.338 e. The molecule has 0 bridgehead atoms. The van der Waals surface area contributed by atoms with Crippen molar-refractivity contribution in [3.05, 3.63) is 95.6 Å². The van der Waals surface area contributed by atoms with Gasteiger partial charge in [-0.3, -0.25) is 9.36 Å². The number of carbonyl (C=O) groups is 1. The van der Waals surface area contributed by atoms with E-state index in [0.717, 1.165) is 5.56 Å². The molecule has 0 radical (unpaired) electrons. The van der Waals surface area contributed by atoms with Gasteiger partial charge in [-0.25, -0.2) is 9.79 Å². The van der Waals surface area contributed by atoms with Crippen molar-refractivity contribution >= 4 is 35.0 Å². The van der Waals surface area contributed by atoms with E-state index in [4.69, 9.17) is 21.1 Å². The van der Waals surface area contributed by atoms with Gasteiger partial charge in [0.05, 0.1) is 35.1 Å². The van der Waals surface area contributed by atoms with Crippen molar-refractivity contribution in [1.82, 2.24) is 4.57 Å². The molecule has 0 aliphatic carbocycles. The lowest BCUT2D eigenvalue weighted by Gasteiger charge is -2.24. The van der Waals surface area contributed by atoms with Crippen molar-refractivity contribution in [3.8, 4) is 5.75 Å². The maximum Gasteiger partial charge on any atom is 0.338 e. The normalized spacial score (nSPS) is 15.8. The van der Waals surface area contributed by atoms with Gasteiger partial charge in [-0.15, -0.1) is 0 Å². The SMILES string of the molecule is CCOC(=O)C1=C(C)N=c2s/c(=C\c3cc(Cl)ccc3OCC)c(=O)n2[C@@H]1c1ccccc1. The number of rotatable bonds is 6. The topological polar surface area (TPSA) is 69.9 Å². The number of hydrogen-bond acceptors (Lipinski definition) is 6. The van der Waals surface area contributed by atoms with Crippen molar-refractivity contribution in [2.24, 2.45) is 4.99 Å². The highest BCUT2D eigenvalue weighted by Gasteiger charge is 2.33. The summed E-state index contributed by atoms with van der Waals surface area (Å²) in [5, 5.41) is 0.542. The van der Waals surface area contributed by atoms with Crippen molar-refractivity contribution in [1.29, 1.82) is 0 Å². The first kappa shape index (κ1) is 23.0. The molecule has 33 heavy (non-hydrogen) atoms. The third-order valence-electron chi connectivity index (χ3n) is 5.19. The molecule has 1 aliphatic rings. The number of carbonyl (C=O) groups excluding carboxylic acids is 1. The summed E-state index contributed by atoms with van der Waals surface area (Å²) in [6.07, 6.45) is 1.76. The van der Waals surface area contributed by atoms with Crippen LogP contribution >= 0.6 is 22.9 Å². The fourth-order valence-corrected chi connectivity index (χ4v) is 5.02. The summed E-state index contributed by atoms with van der Waals surface area (Å²) in [5.74, 6) is 0.158. The van der Waals surface area contributed by atoms with Gasteiger partial charge in [0.15, 0.2) is 4.80 Å². The summed E-state index contributed by atoms with van der Waals surface area (Å²) in [4.78, 5) is 31.6. The average Bonchev–Trinajstić information content (AvgIpc) is 3.10. The molecule has 3 aromatic rings. The Morgan fingerprint density at radius 1 is 1.18 bits per heavy atom. The maximum absolute atomic E-state index is 13.6. The largest absolute Gasteiger partial charge is 0.493 e. The Bertz CT molecular complexity index is 1410. The molecular formula is C25H23ClN2O4S. The molecule has 0 N–H and O–H groups in total. The van der Waals surface area contributed by atoms with E-state index in [1.807, 2.05) is 37.3 Å². The summed E-state index contributed by atoms with van der Waals surface area (Å²) in [7, 11) is 0. The molecular weight excluding hydrogens is 460 g/mol. The summed E-state index contributed by atoms with van der Waals surface area (Å²) in [5.41, 5.74) is 2.16. The maximum atomic E-state index is 13.6. The van der Waals surface area contributed by atoms with E-state index in [0.29, 0.717) is 43.5 Å². The van der Waals surface area contributed by atoms with Crippen LogP contribution in [-0.2, 0) is 9.53 Å². The second kappa shape index (κ2) is 9.77. The number of allylic oxidation sites excluding steroid dienone is 1. The number of fused-ring (bicyclic) bond motifs is 1. The van der Waals surface area contributed by atoms with Crippen molar-refractivity contribution in [3.63, 3.8) is 0 Å². The van der Waals surface area contributed by atoms with Gasteiger partial charge in [0.25, 0.3) is 5.56 Å². The van der Waals surface area contributed by atoms with E-state index in [-0.39, 0.29) is 12.2 Å². The number of thiazole rings is 1. The van der Waals surface area contributed by atoms with Crippen LogP contribution in [0.5, 0.6) is 5.75 Å². The number of halogens is 1. The Hall–Kier alpha value is -3.16. The van der Waals surface area contributed by atoms with Crippen LogP contribution in [0.3, 0.4) is 0 Å². The van der Waals surface area contributed by atoms with Gasteiger partial charge in [-0.05, 0) is 50.6 Å². The van der Waals surface area contributed by atoms with Gasteiger partial charge < -0.3 is 9.47 Å². The Balaban J connectivity index is 1.95. The summed E-state index contributed by atoms with van der Waals surface area (Å²) in [6, 6.07) is 14.1. The molecule has 2 aromatic carbocycles. The molecule has 8 heteroatoms. The van der Waals surface area contributed by atoms with Crippen LogP contribution in [0.4, 0.5) is 0 Å². The number of hydrogen-bond donors (Lipinski definition) is 0. The molecule has 1 aromatic heterocycles. The number of benzene rings is 2. The van der Waals surface area contributed by atoms with Gasteiger partial charge in [0.2, 0.25) is 0 Å². The van der Waals surface area contributed by atoms with Gasteiger partial charge >= 0.3 is 5.97 Å². The molecule has 0 saturated carbocycles. The predicted molar refractivity (Wildman–Crippen MR) is 129 cm³/mol. The second-order valence-electron chi connectivity index (χ2n) is 7.33. The minimum absolute atomic E-state index is 0.233. The number of esters is 1. The Morgan fingerprint density at radius 2 is 1.94 bits per heavy atom. The molecule has 6 nitrogen and oxygen atoms in total. The average molecular weight is 483 g/mol. The van der Waals surface area contributed by atoms with E-state index in [2.05, 4.69) is 4.99 Å². The third kappa shape index (κ3) is 4.51. The fraction of sp³-hybridized carbons (Fsp3) is 0.240. The van der Waals surface area contributed by atoms with Gasteiger partial charge in [0.1, 0.15) is 5.75 Å². The van der Waals surface area contributed by atoms with Gasteiger partial charge in [0, 0.05) is 10.6 Å². The molecule has 1 atom stereocenters. The fourth-order valence-electron chi connectivity index (χ4n) is 3.80. The lowest BCUT2D eigenvalue weighted by molar-refractivity contribution is -0.139. The molecule has 4 rings (SSSR count). The first-order valence-electron chi connectivity index (χ1n) is 10.6. The molecule has 1 aliphatic heterocycles. The van der Waals surface area contributed by atoms with E-state index in [1.54, 1.807) is 42.7 Å². The van der Waals surface area contributed by atoms with E-state index >= 15 is 0 Å². The first-order valence-corrected chi connectivity index (χ1v) is 11.8. The lowest BCUT2D eigenvalue weighted by atomic mass is 9.96. The quantitative estimate of drug-likeness (QED) is 0.500. The van der Waals surface area contributed by atoms with Crippen LogP contribution < -0.4 is 19.6 Å². The van der Waals surface area contributed by atoms with Crippen LogP contribution in [-0.4, -0.2) is 23.8 Å². The highest BCUT2D eigenvalue weighted by molar-refractivity contribution is 7.07. The zero-order valence-corrected chi connectivity index (χ0v) is 20.1. The van der Waals surface area contributed by atoms with E-state index < -0.39 is 12.0 Å². The third-order valence-corrected chi connectivity index (χ3v) is 6.41. The minimum atomic E-state index is -0.630. The summed E-state index contributed by atoms with van der Waals surface area (Å²) < 4.78 is 13.0. The highest BCUT2D eigenvalue weighted by atomic mass is 35.5. The van der Waals surface area contributed by atoms with Crippen LogP contribution in [0.15, 0.2) is 69.6 Å². The molecule has 0 amide bonds. The molecule has 0 saturated heterocycles. The molecule has 0 unspecified atom stereocenters.